The summed E-state index contributed by atoms with van der Waals surface area (Å²) in [4.78, 5) is 0. The van der Waals surface area contributed by atoms with Gasteiger partial charge < -0.3 is 10.8 Å². The predicted molar refractivity (Wildman–Crippen MR) is 197 cm³/mol. The van der Waals surface area contributed by atoms with Crippen molar-refractivity contribution in [1.82, 2.24) is 0 Å². The minimum absolute atomic E-state index is 0. The molecular formula is C44H42N2Zr+2. The number of benzene rings is 4. The van der Waals surface area contributed by atoms with Gasteiger partial charge >= 0.3 is 26.2 Å². The smallest absolute Gasteiger partial charge is 0.763 e. The number of nitrogens with zero attached hydrogens (tertiary/aromatic N) is 1. The van der Waals surface area contributed by atoms with Crippen LogP contribution in [0.3, 0.4) is 0 Å². The zero-order valence-electron chi connectivity index (χ0n) is 27.3. The van der Waals surface area contributed by atoms with Gasteiger partial charge in [-0.3, -0.25) is 11.9 Å². The second kappa shape index (κ2) is 24.7. The molecule has 4 aromatic rings. The van der Waals surface area contributed by atoms with Gasteiger partial charge in [-0.25, -0.2) is 5.57 Å². The average molecular weight is 690 g/mol. The zero-order valence-corrected chi connectivity index (χ0v) is 29.7. The normalized spacial score (nSPS) is 13.3. The Hall–Kier alpha value is -3.38. The van der Waals surface area contributed by atoms with Gasteiger partial charge in [0.2, 0.25) is 0 Å². The standard InChI is InChI=1S/C20H22N.C14H10N.2C5H5.Zr/c1-3-11-16(4-2)20(21)19(17-12-7-5-8-13-17)18-14-9-6-10-15-18;15-11-14(12-7-3-1-4-8-12)13-9-5-2-6-10-13;2*1-2-4-5-3-1;/h5-10,12-15,19,21H,3-4H2,1-2H3;1-10H;2*1-5H;/q2*-1;;;+4. The van der Waals surface area contributed by atoms with Crippen LogP contribution < -0.4 is 0 Å². The van der Waals surface area contributed by atoms with E-state index in [0.717, 1.165) is 46.2 Å². The van der Waals surface area contributed by atoms with Crippen LogP contribution in [0, 0.1) is 75.7 Å². The summed E-state index contributed by atoms with van der Waals surface area (Å²) in [6.45, 7) is 4.17. The molecule has 230 valence electrons. The van der Waals surface area contributed by atoms with Gasteiger partial charge in [-0.1, -0.05) is 153 Å². The van der Waals surface area contributed by atoms with E-state index in [0.29, 0.717) is 5.71 Å². The van der Waals surface area contributed by atoms with Crippen molar-refractivity contribution >= 4 is 17.2 Å². The first kappa shape index (κ1) is 39.8. The van der Waals surface area contributed by atoms with Gasteiger partial charge in [0.1, 0.15) is 0 Å². The monoisotopic (exact) mass is 688 g/mol. The molecule has 0 atom stereocenters. The fourth-order valence-corrected chi connectivity index (χ4v) is 4.76. The SMILES string of the molecule is CC[C-]=C(CC)C(=N)C(c1ccccc1)c1ccccc1.[CH]1[CH][CH][CH][CH]1.[CH]1[CH][CH][CH][CH]1.[N-]=C=C(c1ccccc1)c1ccccc1.[Zr+4]. The van der Waals surface area contributed by atoms with Gasteiger partial charge in [-0.15, -0.1) is 12.1 Å². The first-order valence-corrected chi connectivity index (χ1v) is 15.7. The fraction of sp³-hybridized carbons (Fsp3) is 0.114. The van der Waals surface area contributed by atoms with E-state index in [1.54, 1.807) is 0 Å². The molecule has 0 amide bonds. The van der Waals surface area contributed by atoms with Crippen LogP contribution in [0.5, 0.6) is 0 Å². The Bertz CT molecular complexity index is 1340. The van der Waals surface area contributed by atoms with Crippen LogP contribution >= 0.6 is 0 Å². The van der Waals surface area contributed by atoms with Crippen molar-refractivity contribution in [2.75, 3.05) is 0 Å². The van der Waals surface area contributed by atoms with E-state index in [1.807, 2.05) is 161 Å². The van der Waals surface area contributed by atoms with E-state index in [4.69, 9.17) is 10.8 Å². The van der Waals surface area contributed by atoms with E-state index in [-0.39, 0.29) is 32.1 Å². The molecule has 0 heterocycles. The van der Waals surface area contributed by atoms with E-state index in [2.05, 4.69) is 50.1 Å². The first-order chi connectivity index (χ1) is 22.7. The molecule has 0 unspecified atom stereocenters. The fourth-order valence-electron chi connectivity index (χ4n) is 4.76. The van der Waals surface area contributed by atoms with Crippen LogP contribution in [0.4, 0.5) is 0 Å². The second-order valence-corrected chi connectivity index (χ2v) is 10.2. The summed E-state index contributed by atoms with van der Waals surface area (Å²) in [5.41, 5.74) is 6.66. The topological polar surface area (TPSA) is 46.2 Å². The number of allylic oxidation sites excluding steroid dienone is 2. The summed E-state index contributed by atoms with van der Waals surface area (Å²) >= 11 is 0. The van der Waals surface area contributed by atoms with Crippen molar-refractivity contribution in [3.63, 3.8) is 0 Å². The van der Waals surface area contributed by atoms with Gasteiger partial charge in [0.25, 0.3) is 0 Å². The summed E-state index contributed by atoms with van der Waals surface area (Å²) in [5.74, 6) is 2.24. The van der Waals surface area contributed by atoms with Crippen molar-refractivity contribution in [2.45, 2.75) is 32.6 Å². The molecule has 0 bridgehead atoms. The van der Waals surface area contributed by atoms with Gasteiger partial charge in [-0.05, 0) is 81.3 Å². The molecular weight excluding hydrogens is 648 g/mol. The van der Waals surface area contributed by atoms with Gasteiger partial charge in [0.15, 0.2) is 0 Å². The maximum absolute atomic E-state index is 9.15. The van der Waals surface area contributed by atoms with Crippen molar-refractivity contribution < 1.29 is 26.2 Å². The third-order valence-corrected chi connectivity index (χ3v) is 6.97. The molecule has 2 aliphatic rings. The molecule has 0 aliphatic heterocycles. The Morgan fingerprint density at radius 2 is 0.894 bits per heavy atom. The van der Waals surface area contributed by atoms with Crippen molar-refractivity contribution in [3.8, 4) is 0 Å². The van der Waals surface area contributed by atoms with Crippen LogP contribution in [0.15, 0.2) is 127 Å². The first-order valence-electron chi connectivity index (χ1n) is 15.7. The number of rotatable bonds is 8. The van der Waals surface area contributed by atoms with Crippen LogP contribution in [-0.2, 0) is 26.2 Å². The van der Waals surface area contributed by atoms with Crippen molar-refractivity contribution in [2.24, 2.45) is 0 Å². The van der Waals surface area contributed by atoms with Gasteiger partial charge in [0, 0.05) is 5.57 Å². The summed E-state index contributed by atoms with van der Waals surface area (Å²) in [6.07, 6.45) is 25.0. The minimum atomic E-state index is -0.0126. The third kappa shape index (κ3) is 14.5. The molecule has 2 aliphatic carbocycles. The number of hydrogen-bond donors (Lipinski definition) is 1. The molecule has 1 N–H and O–H groups in total. The summed E-state index contributed by atoms with van der Waals surface area (Å²) < 4.78 is 0. The molecule has 3 heteroatoms. The minimum Gasteiger partial charge on any atom is -0.763 e. The van der Waals surface area contributed by atoms with Crippen molar-refractivity contribution in [1.29, 1.82) is 5.41 Å². The predicted octanol–water partition coefficient (Wildman–Crippen LogP) is 10.8. The Morgan fingerprint density at radius 3 is 1.17 bits per heavy atom. The van der Waals surface area contributed by atoms with Gasteiger partial charge in [-0.2, -0.15) is 0 Å². The molecule has 2 fully saturated rings. The Kier molecular flexibility index (Phi) is 21.0. The Morgan fingerprint density at radius 1 is 0.574 bits per heavy atom. The van der Waals surface area contributed by atoms with Crippen molar-refractivity contribution in [3.05, 3.63) is 225 Å². The Balaban J connectivity index is 0.000000253. The zero-order chi connectivity index (χ0) is 32.7. The van der Waals surface area contributed by atoms with Crippen LogP contribution in [-0.4, -0.2) is 11.6 Å². The molecule has 0 spiro atoms. The van der Waals surface area contributed by atoms with Crippen LogP contribution in [0.1, 0.15) is 54.9 Å². The summed E-state index contributed by atoms with van der Waals surface area (Å²) in [5, 5.41) is 17.8. The second-order valence-electron chi connectivity index (χ2n) is 10.2. The molecule has 0 aromatic heterocycles. The molecule has 2 saturated carbocycles. The maximum atomic E-state index is 9.15. The number of nitrogens with one attached hydrogen (secondary N) is 1. The maximum Gasteiger partial charge on any atom is 4.00 e. The van der Waals surface area contributed by atoms with Crippen LogP contribution in [0.25, 0.3) is 11.0 Å². The molecule has 47 heavy (non-hydrogen) atoms. The summed E-state index contributed by atoms with van der Waals surface area (Å²) in [7, 11) is 0. The van der Waals surface area contributed by atoms with Crippen LogP contribution in [0.2, 0.25) is 0 Å². The number of hydrogen-bond acceptors (Lipinski definition) is 1. The molecule has 2 nitrogen and oxygen atoms in total. The molecule has 4 aromatic carbocycles. The molecule has 0 saturated heterocycles. The van der Waals surface area contributed by atoms with Gasteiger partial charge in [0.05, 0.1) is 0 Å². The van der Waals surface area contributed by atoms with E-state index in [9.17, 15) is 0 Å². The Labute approximate surface area is 304 Å². The largest absolute Gasteiger partial charge is 4.00 e. The molecule has 6 rings (SSSR count). The van der Waals surface area contributed by atoms with E-state index < -0.39 is 0 Å². The molecule has 10 radical (unpaired) electrons. The quantitative estimate of drug-likeness (QED) is 0.141. The van der Waals surface area contributed by atoms with E-state index in [1.165, 1.54) is 0 Å². The average Bonchev–Trinajstić information content (AvgIpc) is 3.91. The third-order valence-electron chi connectivity index (χ3n) is 6.97. The van der Waals surface area contributed by atoms with E-state index >= 15 is 0 Å². The summed E-state index contributed by atoms with van der Waals surface area (Å²) in [6, 6.07) is 40.1.